The summed E-state index contributed by atoms with van der Waals surface area (Å²) in [6, 6.07) is 3.67. The van der Waals surface area contributed by atoms with E-state index in [9.17, 15) is 0 Å². The number of aromatic nitrogens is 1. The van der Waals surface area contributed by atoms with Crippen molar-refractivity contribution in [2.24, 2.45) is 0 Å². The van der Waals surface area contributed by atoms with Gasteiger partial charge in [0, 0.05) is 3.57 Å². The zero-order chi connectivity index (χ0) is 6.85. The molecule has 0 radical (unpaired) electrons. The molecule has 48 valence electrons. The van der Waals surface area contributed by atoms with Crippen LogP contribution in [0.4, 0.5) is 5.82 Å². The maximum absolute atomic E-state index is 5.40. The van der Waals surface area contributed by atoms with Crippen molar-refractivity contribution in [3.8, 4) is 0 Å². The highest BCUT2D eigenvalue weighted by Gasteiger charge is 1.87. The molecule has 0 unspecified atom stereocenters. The van der Waals surface area contributed by atoms with Crippen LogP contribution in [0.5, 0.6) is 0 Å². The van der Waals surface area contributed by atoms with Crippen molar-refractivity contribution in [1.29, 1.82) is 0 Å². The van der Waals surface area contributed by atoms with Crippen LogP contribution in [0.1, 0.15) is 0 Å². The maximum atomic E-state index is 5.40. The Labute approximate surface area is 71.6 Å². The van der Waals surface area contributed by atoms with Crippen LogP contribution in [0.2, 0.25) is 0 Å². The molecule has 1 rings (SSSR count). The van der Waals surface area contributed by atoms with Gasteiger partial charge in [0.1, 0.15) is 10.5 Å². The van der Waals surface area contributed by atoms with E-state index >= 15 is 0 Å². The van der Waals surface area contributed by atoms with Crippen molar-refractivity contribution >= 4 is 40.6 Å². The molecule has 9 heavy (non-hydrogen) atoms. The highest BCUT2D eigenvalue weighted by molar-refractivity contribution is 14.1. The molecule has 0 aliphatic rings. The predicted molar refractivity (Wildman–Crippen MR) is 48.8 cm³/mol. The van der Waals surface area contributed by atoms with Gasteiger partial charge in [-0.05, 0) is 34.7 Å². The Morgan fingerprint density at radius 3 is 2.67 bits per heavy atom. The Hall–Kier alpha value is -0.100. The second-order valence-corrected chi connectivity index (χ2v) is 3.16. The first-order valence-electron chi connectivity index (χ1n) is 2.34. The van der Waals surface area contributed by atoms with Crippen LogP contribution < -0.4 is 5.73 Å². The Morgan fingerprint density at radius 2 is 2.22 bits per heavy atom. The van der Waals surface area contributed by atoms with Gasteiger partial charge in [-0.1, -0.05) is 12.2 Å². The van der Waals surface area contributed by atoms with Crippen molar-refractivity contribution in [2.75, 3.05) is 5.73 Å². The number of H-pyrrole nitrogens is 1. The van der Waals surface area contributed by atoms with E-state index in [1.54, 1.807) is 6.07 Å². The summed E-state index contributed by atoms with van der Waals surface area (Å²) in [6.45, 7) is 0. The average molecular weight is 252 g/mol. The van der Waals surface area contributed by atoms with Gasteiger partial charge in [-0.3, -0.25) is 0 Å². The maximum Gasteiger partial charge on any atom is 0.118 e. The molecule has 0 spiro atoms. The molecule has 0 aliphatic heterocycles. The predicted octanol–water partition coefficient (Wildman–Crippen LogP) is 1.93. The van der Waals surface area contributed by atoms with Crippen LogP contribution in [-0.4, -0.2) is 4.98 Å². The molecule has 0 bridgehead atoms. The molecule has 1 heterocycles. The molecule has 0 saturated heterocycles. The number of hydrogen-bond donors (Lipinski definition) is 2. The van der Waals surface area contributed by atoms with E-state index in [1.807, 2.05) is 6.07 Å². The standard InChI is InChI=1S/C5H5IN2S/c6-3-1-2-4(7)8-5(3)9/h1-2H,(H3,7,8,9). The minimum absolute atomic E-state index is 0.611. The quantitative estimate of drug-likeness (QED) is 0.547. The summed E-state index contributed by atoms with van der Waals surface area (Å²) in [5.41, 5.74) is 5.40. The van der Waals surface area contributed by atoms with Gasteiger partial charge in [-0.2, -0.15) is 0 Å². The normalized spacial score (nSPS) is 9.44. The van der Waals surface area contributed by atoms with Gasteiger partial charge < -0.3 is 10.7 Å². The van der Waals surface area contributed by atoms with Crippen molar-refractivity contribution in [2.45, 2.75) is 0 Å². The summed E-state index contributed by atoms with van der Waals surface area (Å²) in [5.74, 6) is 0.611. The number of halogens is 1. The molecule has 1 aromatic rings. The first kappa shape index (κ1) is 7.01. The van der Waals surface area contributed by atoms with Crippen LogP contribution in [0, 0.1) is 8.21 Å². The van der Waals surface area contributed by atoms with Gasteiger partial charge >= 0.3 is 0 Å². The lowest BCUT2D eigenvalue weighted by Gasteiger charge is -1.92. The molecule has 1 aromatic heterocycles. The lowest BCUT2D eigenvalue weighted by Crippen LogP contribution is -1.89. The summed E-state index contributed by atoms with van der Waals surface area (Å²) < 4.78 is 1.73. The van der Waals surface area contributed by atoms with Crippen LogP contribution >= 0.6 is 34.8 Å². The topological polar surface area (TPSA) is 41.8 Å². The largest absolute Gasteiger partial charge is 0.385 e. The molecule has 0 amide bonds. The second-order valence-electron chi connectivity index (χ2n) is 1.59. The second kappa shape index (κ2) is 2.66. The van der Waals surface area contributed by atoms with Gasteiger partial charge in [-0.25, -0.2) is 0 Å². The van der Waals surface area contributed by atoms with Gasteiger partial charge in [0.15, 0.2) is 0 Å². The van der Waals surface area contributed by atoms with Crippen molar-refractivity contribution in [3.05, 3.63) is 20.3 Å². The summed E-state index contributed by atoms with van der Waals surface area (Å²) in [6.07, 6.45) is 0. The molecular formula is C5H5IN2S. The lowest BCUT2D eigenvalue weighted by molar-refractivity contribution is 1.29. The fraction of sp³-hybridized carbons (Fsp3) is 0. The molecule has 4 heteroatoms. The summed E-state index contributed by atoms with van der Waals surface area (Å²) in [4.78, 5) is 2.82. The van der Waals surface area contributed by atoms with Gasteiger partial charge in [-0.15, -0.1) is 0 Å². The number of hydrogen-bond acceptors (Lipinski definition) is 2. The highest BCUT2D eigenvalue weighted by Crippen LogP contribution is 2.06. The van der Waals surface area contributed by atoms with E-state index in [0.29, 0.717) is 10.5 Å². The number of nitrogens with one attached hydrogen (secondary N) is 1. The number of nitrogens with two attached hydrogens (primary N) is 1. The van der Waals surface area contributed by atoms with Gasteiger partial charge in [0.05, 0.1) is 0 Å². The van der Waals surface area contributed by atoms with E-state index in [0.717, 1.165) is 3.57 Å². The van der Waals surface area contributed by atoms with Crippen LogP contribution in [0.15, 0.2) is 12.1 Å². The number of anilines is 1. The molecule has 0 fully saturated rings. The van der Waals surface area contributed by atoms with Crippen LogP contribution in [0.3, 0.4) is 0 Å². The summed E-state index contributed by atoms with van der Waals surface area (Å²) >= 11 is 7.05. The SMILES string of the molecule is Nc1ccc(I)c(=S)[nH]1. The third-order valence-corrected chi connectivity index (χ3v) is 2.47. The minimum atomic E-state index is 0.611. The van der Waals surface area contributed by atoms with E-state index in [4.69, 9.17) is 18.0 Å². The Kier molecular flexibility index (Phi) is 2.07. The smallest absolute Gasteiger partial charge is 0.118 e. The highest BCUT2D eigenvalue weighted by atomic mass is 127. The van der Waals surface area contributed by atoms with E-state index < -0.39 is 0 Å². The zero-order valence-electron chi connectivity index (χ0n) is 4.52. The monoisotopic (exact) mass is 252 g/mol. The van der Waals surface area contributed by atoms with Crippen LogP contribution in [0.25, 0.3) is 0 Å². The molecule has 0 aromatic carbocycles. The molecular weight excluding hydrogens is 247 g/mol. The van der Waals surface area contributed by atoms with E-state index in [2.05, 4.69) is 27.6 Å². The molecule has 2 nitrogen and oxygen atoms in total. The fourth-order valence-electron chi connectivity index (χ4n) is 0.471. The van der Waals surface area contributed by atoms with Crippen molar-refractivity contribution in [3.63, 3.8) is 0 Å². The third-order valence-electron chi connectivity index (χ3n) is 0.884. The van der Waals surface area contributed by atoms with E-state index in [-0.39, 0.29) is 0 Å². The number of pyridine rings is 1. The number of nitrogen functional groups attached to an aromatic ring is 1. The first-order valence-corrected chi connectivity index (χ1v) is 3.83. The first-order chi connectivity index (χ1) is 4.20. The Bertz CT molecular complexity index is 268. The van der Waals surface area contributed by atoms with E-state index in [1.165, 1.54) is 0 Å². The molecule has 0 saturated carbocycles. The Balaban J connectivity index is 3.34. The summed E-state index contributed by atoms with van der Waals surface area (Å²) in [5, 5.41) is 0. The molecule has 0 atom stereocenters. The average Bonchev–Trinajstić information content (AvgIpc) is 1.80. The minimum Gasteiger partial charge on any atom is -0.385 e. The molecule has 0 aliphatic carbocycles. The summed E-state index contributed by atoms with van der Waals surface area (Å²) in [7, 11) is 0. The van der Waals surface area contributed by atoms with Gasteiger partial charge in [0.2, 0.25) is 0 Å². The fourth-order valence-corrected chi connectivity index (χ4v) is 0.972. The zero-order valence-corrected chi connectivity index (χ0v) is 7.49. The van der Waals surface area contributed by atoms with Crippen molar-refractivity contribution in [1.82, 2.24) is 4.98 Å². The van der Waals surface area contributed by atoms with Crippen LogP contribution in [-0.2, 0) is 0 Å². The van der Waals surface area contributed by atoms with Crippen molar-refractivity contribution < 1.29 is 0 Å². The molecule has 3 N–H and O–H groups in total. The third kappa shape index (κ3) is 1.65. The Morgan fingerprint density at radius 1 is 1.56 bits per heavy atom. The number of rotatable bonds is 0. The van der Waals surface area contributed by atoms with Gasteiger partial charge in [0.25, 0.3) is 0 Å². The number of aromatic amines is 1. The lowest BCUT2D eigenvalue weighted by atomic mass is 10.5.